The van der Waals surface area contributed by atoms with Gasteiger partial charge in [-0.25, -0.2) is 9.59 Å². The predicted molar refractivity (Wildman–Crippen MR) is 44.4 cm³/mol. The van der Waals surface area contributed by atoms with Crippen LogP contribution in [0.4, 0.5) is 0 Å². The molecule has 0 unspecified atom stereocenters. The summed E-state index contributed by atoms with van der Waals surface area (Å²) >= 11 is 0. The molecule has 6 heteroatoms. The van der Waals surface area contributed by atoms with Crippen molar-refractivity contribution in [3.05, 3.63) is 0 Å². The Morgan fingerprint density at radius 1 is 1.21 bits per heavy atom. The number of hydrogen-bond donors (Lipinski definition) is 1. The number of carboxylic acids is 1. The van der Waals surface area contributed by atoms with Crippen molar-refractivity contribution in [2.45, 2.75) is 12.8 Å². The average Bonchev–Trinajstić information content (AvgIpc) is 2.65. The quantitative estimate of drug-likeness (QED) is 0.365. The first-order valence-electron chi connectivity index (χ1n) is 4.28. The molecule has 0 atom stereocenters. The molecular weight excluding hydrogens is 190 g/mol. The summed E-state index contributed by atoms with van der Waals surface area (Å²) in [6.45, 7) is 1.63. The van der Waals surface area contributed by atoms with E-state index < -0.39 is 17.7 Å². The molecule has 0 amide bonds. The number of ketones is 1. The van der Waals surface area contributed by atoms with Gasteiger partial charge in [0.1, 0.15) is 6.73 Å². The van der Waals surface area contributed by atoms with Crippen LogP contribution in [-0.2, 0) is 19.1 Å². The highest BCUT2D eigenvalue weighted by molar-refractivity contribution is 6.59. The highest BCUT2D eigenvalue weighted by Gasteiger charge is 2.24. The summed E-state index contributed by atoms with van der Waals surface area (Å²) < 4.78 is 4.51. The lowest BCUT2D eigenvalue weighted by Gasteiger charge is -2.13. The fourth-order valence-corrected chi connectivity index (χ4v) is 1.21. The number of esters is 1. The molecule has 1 fully saturated rings. The SMILES string of the molecule is O=C(O)C(=O)C(=O)OCN1CCCC1. The highest BCUT2D eigenvalue weighted by atomic mass is 16.6. The number of rotatable bonds is 4. The molecule has 0 aromatic heterocycles. The van der Waals surface area contributed by atoms with Gasteiger partial charge in [0.25, 0.3) is 0 Å². The second-order valence-electron chi connectivity index (χ2n) is 3.02. The van der Waals surface area contributed by atoms with Crippen molar-refractivity contribution in [3.8, 4) is 0 Å². The van der Waals surface area contributed by atoms with Crippen LogP contribution >= 0.6 is 0 Å². The van der Waals surface area contributed by atoms with Crippen molar-refractivity contribution in [2.24, 2.45) is 0 Å². The molecule has 0 aromatic rings. The van der Waals surface area contributed by atoms with E-state index in [1.54, 1.807) is 0 Å². The zero-order chi connectivity index (χ0) is 10.6. The van der Waals surface area contributed by atoms with Gasteiger partial charge in [-0.1, -0.05) is 0 Å². The zero-order valence-corrected chi connectivity index (χ0v) is 7.56. The second kappa shape index (κ2) is 4.71. The predicted octanol–water partition coefficient (Wildman–Crippen LogP) is -0.763. The van der Waals surface area contributed by atoms with Crippen molar-refractivity contribution in [1.29, 1.82) is 0 Å². The molecule has 1 N–H and O–H groups in total. The standard InChI is InChI=1S/C8H11NO5/c10-6(7(11)12)8(13)14-5-9-3-1-2-4-9/h1-5H2,(H,11,12). The largest absolute Gasteiger partial charge is 0.475 e. The first-order chi connectivity index (χ1) is 6.61. The van der Waals surface area contributed by atoms with Crippen LogP contribution in [0.15, 0.2) is 0 Å². The molecule has 1 heterocycles. The number of carbonyl (C=O) groups excluding carboxylic acids is 2. The van der Waals surface area contributed by atoms with Gasteiger partial charge in [0.2, 0.25) is 0 Å². The minimum absolute atomic E-state index is 0.00213. The van der Waals surface area contributed by atoms with Crippen LogP contribution in [0, 0.1) is 0 Å². The molecule has 6 nitrogen and oxygen atoms in total. The second-order valence-corrected chi connectivity index (χ2v) is 3.02. The van der Waals surface area contributed by atoms with Crippen LogP contribution in [0.3, 0.4) is 0 Å². The fourth-order valence-electron chi connectivity index (χ4n) is 1.21. The summed E-state index contributed by atoms with van der Waals surface area (Å²) in [6, 6.07) is 0. The first-order valence-corrected chi connectivity index (χ1v) is 4.28. The van der Waals surface area contributed by atoms with E-state index in [9.17, 15) is 14.4 Å². The van der Waals surface area contributed by atoms with Crippen LogP contribution in [0.1, 0.15) is 12.8 Å². The fraction of sp³-hybridized carbons (Fsp3) is 0.625. The molecule has 1 saturated heterocycles. The summed E-state index contributed by atoms with van der Waals surface area (Å²) in [5.74, 6) is -4.61. The van der Waals surface area contributed by atoms with Gasteiger partial charge in [-0.2, -0.15) is 0 Å². The maximum atomic E-state index is 10.8. The number of aliphatic carboxylic acids is 1. The lowest BCUT2D eigenvalue weighted by molar-refractivity contribution is -0.164. The van der Waals surface area contributed by atoms with Gasteiger partial charge in [0.05, 0.1) is 0 Å². The molecule has 0 aliphatic carbocycles. The Morgan fingerprint density at radius 3 is 2.29 bits per heavy atom. The summed E-state index contributed by atoms with van der Waals surface area (Å²) in [7, 11) is 0. The van der Waals surface area contributed by atoms with Gasteiger partial charge in [-0.3, -0.25) is 9.69 Å². The van der Waals surface area contributed by atoms with Gasteiger partial charge in [0, 0.05) is 13.1 Å². The monoisotopic (exact) mass is 201 g/mol. The lowest BCUT2D eigenvalue weighted by atomic mass is 10.4. The number of carbonyl (C=O) groups is 3. The molecule has 1 rings (SSSR count). The average molecular weight is 201 g/mol. The van der Waals surface area contributed by atoms with E-state index in [0.29, 0.717) is 0 Å². The van der Waals surface area contributed by atoms with E-state index in [0.717, 1.165) is 25.9 Å². The summed E-state index contributed by atoms with van der Waals surface area (Å²) in [5, 5.41) is 8.18. The lowest BCUT2D eigenvalue weighted by Crippen LogP contribution is -2.31. The molecule has 78 valence electrons. The maximum Gasteiger partial charge on any atom is 0.388 e. The molecule has 14 heavy (non-hydrogen) atoms. The van der Waals surface area contributed by atoms with Gasteiger partial charge in [-0.15, -0.1) is 0 Å². The Morgan fingerprint density at radius 2 is 1.79 bits per heavy atom. The molecule has 0 bridgehead atoms. The molecule has 1 aliphatic rings. The molecule has 0 aromatic carbocycles. The summed E-state index contributed by atoms with van der Waals surface area (Å²) in [4.78, 5) is 33.2. The molecule has 0 radical (unpaired) electrons. The van der Waals surface area contributed by atoms with Crippen molar-refractivity contribution in [2.75, 3.05) is 19.8 Å². The van der Waals surface area contributed by atoms with Gasteiger partial charge < -0.3 is 9.84 Å². The Hall–Kier alpha value is -1.43. The van der Waals surface area contributed by atoms with Crippen molar-refractivity contribution in [3.63, 3.8) is 0 Å². The minimum Gasteiger partial charge on any atom is -0.475 e. The van der Waals surface area contributed by atoms with Crippen LogP contribution in [0.5, 0.6) is 0 Å². The van der Waals surface area contributed by atoms with Gasteiger partial charge in [0.15, 0.2) is 0 Å². The first kappa shape index (κ1) is 10.6. The summed E-state index contributed by atoms with van der Waals surface area (Å²) in [5.41, 5.74) is 0. The van der Waals surface area contributed by atoms with Crippen LogP contribution in [0.2, 0.25) is 0 Å². The number of nitrogens with zero attached hydrogens (tertiary/aromatic N) is 1. The van der Waals surface area contributed by atoms with Crippen molar-refractivity contribution in [1.82, 2.24) is 4.90 Å². The molecular formula is C8H11NO5. The van der Waals surface area contributed by atoms with E-state index in [1.165, 1.54) is 0 Å². The van der Waals surface area contributed by atoms with Crippen LogP contribution in [0.25, 0.3) is 0 Å². The van der Waals surface area contributed by atoms with Crippen LogP contribution < -0.4 is 0 Å². The summed E-state index contributed by atoms with van der Waals surface area (Å²) in [6.07, 6.45) is 2.06. The van der Waals surface area contributed by atoms with E-state index in [2.05, 4.69) is 4.74 Å². The van der Waals surface area contributed by atoms with Gasteiger partial charge in [-0.05, 0) is 12.8 Å². The Balaban J connectivity index is 2.26. The van der Waals surface area contributed by atoms with E-state index >= 15 is 0 Å². The number of hydrogen-bond acceptors (Lipinski definition) is 5. The molecule has 0 spiro atoms. The molecule has 0 saturated carbocycles. The third-order valence-electron chi connectivity index (χ3n) is 1.96. The smallest absolute Gasteiger partial charge is 0.388 e. The number of Topliss-reactive ketones (excluding diaryl/α,β-unsaturated/α-hetero) is 1. The molecule has 1 aliphatic heterocycles. The number of carboxylic acid groups (broad SMARTS) is 1. The highest BCUT2D eigenvalue weighted by Crippen LogP contribution is 2.06. The number of likely N-dealkylation sites (tertiary alicyclic amines) is 1. The van der Waals surface area contributed by atoms with E-state index in [1.807, 2.05) is 4.90 Å². The minimum atomic E-state index is -1.78. The van der Waals surface area contributed by atoms with Crippen molar-refractivity contribution < 1.29 is 24.2 Å². The normalized spacial score (nSPS) is 16.6. The van der Waals surface area contributed by atoms with E-state index in [4.69, 9.17) is 5.11 Å². The number of ether oxygens (including phenoxy) is 1. The van der Waals surface area contributed by atoms with Crippen LogP contribution in [-0.4, -0.2) is 47.5 Å². The Kier molecular flexibility index (Phi) is 3.58. The maximum absolute atomic E-state index is 10.8. The zero-order valence-electron chi connectivity index (χ0n) is 7.56. The Labute approximate surface area is 80.4 Å². The third-order valence-corrected chi connectivity index (χ3v) is 1.96. The topological polar surface area (TPSA) is 83.9 Å². The van der Waals surface area contributed by atoms with E-state index in [-0.39, 0.29) is 6.73 Å². The Bertz CT molecular complexity index is 256. The third kappa shape index (κ3) is 2.81. The van der Waals surface area contributed by atoms with Gasteiger partial charge >= 0.3 is 17.7 Å². The van der Waals surface area contributed by atoms with Crippen molar-refractivity contribution >= 4 is 17.7 Å².